The van der Waals surface area contributed by atoms with Crippen molar-refractivity contribution in [2.24, 2.45) is 5.92 Å². The van der Waals surface area contributed by atoms with Gasteiger partial charge in [0.1, 0.15) is 0 Å². The monoisotopic (exact) mass is 270 g/mol. The lowest BCUT2D eigenvalue weighted by Crippen LogP contribution is -2.38. The average molecular weight is 271 g/mol. The van der Waals surface area contributed by atoms with Crippen LogP contribution in [-0.2, 0) is 0 Å². The summed E-state index contributed by atoms with van der Waals surface area (Å²) in [5.74, 6) is 1.30. The van der Waals surface area contributed by atoms with Gasteiger partial charge in [-0.15, -0.1) is 0 Å². The zero-order valence-corrected chi connectivity index (χ0v) is 12.4. The molecule has 0 saturated heterocycles. The number of nitrogen functional groups attached to an aromatic ring is 1. The lowest BCUT2D eigenvalue weighted by atomic mass is 10.1. The van der Waals surface area contributed by atoms with E-state index in [9.17, 15) is 0 Å². The minimum absolute atomic E-state index is 0.249. The van der Waals surface area contributed by atoms with Gasteiger partial charge in [-0.05, 0) is 30.4 Å². The first-order valence-electron chi connectivity index (χ1n) is 6.54. The van der Waals surface area contributed by atoms with Crippen molar-refractivity contribution in [2.75, 3.05) is 17.2 Å². The van der Waals surface area contributed by atoms with Gasteiger partial charge in [-0.25, -0.2) is 4.98 Å². The highest BCUT2D eigenvalue weighted by Crippen LogP contribution is 2.26. The van der Waals surface area contributed by atoms with E-state index in [1.807, 2.05) is 0 Å². The summed E-state index contributed by atoms with van der Waals surface area (Å²) < 4.78 is 0. The van der Waals surface area contributed by atoms with Crippen molar-refractivity contribution in [3.63, 3.8) is 0 Å². The van der Waals surface area contributed by atoms with Crippen LogP contribution in [0, 0.1) is 5.92 Å². The van der Waals surface area contributed by atoms with Crippen molar-refractivity contribution in [3.05, 3.63) is 11.5 Å². The van der Waals surface area contributed by atoms with Gasteiger partial charge in [0.15, 0.2) is 5.82 Å². The average Bonchev–Trinajstić information content (AvgIpc) is 2.32. The Balaban J connectivity index is 3.11. The van der Waals surface area contributed by atoms with Crippen LogP contribution in [0.25, 0.3) is 0 Å². The number of aromatic nitrogens is 2. The van der Waals surface area contributed by atoms with Gasteiger partial charge < -0.3 is 10.6 Å². The van der Waals surface area contributed by atoms with E-state index in [0.717, 1.165) is 25.2 Å². The topological polar surface area (TPSA) is 55.0 Å². The fourth-order valence-electron chi connectivity index (χ4n) is 2.12. The Labute approximate surface area is 115 Å². The minimum atomic E-state index is 0.249. The Morgan fingerprint density at radius 3 is 2.44 bits per heavy atom. The number of rotatable bonds is 6. The van der Waals surface area contributed by atoms with Crippen LogP contribution in [0.2, 0.25) is 5.28 Å². The molecule has 0 aromatic carbocycles. The summed E-state index contributed by atoms with van der Waals surface area (Å²) in [6, 6.07) is 0.431. The molecule has 1 heterocycles. The second kappa shape index (κ2) is 6.78. The maximum atomic E-state index is 5.99. The van der Waals surface area contributed by atoms with E-state index in [-0.39, 0.29) is 5.28 Å². The van der Waals surface area contributed by atoms with Gasteiger partial charge in [0, 0.05) is 12.6 Å². The molecule has 0 aliphatic carbocycles. The van der Waals surface area contributed by atoms with Crippen LogP contribution in [0.1, 0.15) is 40.5 Å². The molecule has 0 saturated carbocycles. The van der Waals surface area contributed by atoms with Crippen molar-refractivity contribution in [1.82, 2.24) is 9.97 Å². The van der Waals surface area contributed by atoms with Crippen molar-refractivity contribution < 1.29 is 0 Å². The molecule has 2 N–H and O–H groups in total. The second-order valence-corrected chi connectivity index (χ2v) is 5.27. The van der Waals surface area contributed by atoms with E-state index in [4.69, 9.17) is 17.3 Å². The molecule has 18 heavy (non-hydrogen) atoms. The van der Waals surface area contributed by atoms with E-state index in [2.05, 4.69) is 42.6 Å². The summed E-state index contributed by atoms with van der Waals surface area (Å²) in [6.45, 7) is 9.66. The highest BCUT2D eigenvalue weighted by Gasteiger charge is 2.20. The van der Waals surface area contributed by atoms with Gasteiger partial charge in [0.05, 0.1) is 11.9 Å². The molecule has 4 nitrogen and oxygen atoms in total. The molecule has 0 aliphatic rings. The van der Waals surface area contributed by atoms with E-state index in [1.165, 1.54) is 0 Å². The van der Waals surface area contributed by atoms with Gasteiger partial charge in [-0.1, -0.05) is 27.7 Å². The SMILES string of the molecule is CCC(CC)N(CC(C)C)c1nc(Cl)ncc1N. The fraction of sp³-hybridized carbons (Fsp3) is 0.692. The number of anilines is 2. The van der Waals surface area contributed by atoms with Crippen LogP contribution in [0.5, 0.6) is 0 Å². The molecular weight excluding hydrogens is 248 g/mol. The Kier molecular flexibility index (Phi) is 5.66. The van der Waals surface area contributed by atoms with E-state index in [0.29, 0.717) is 17.6 Å². The number of hydrogen-bond donors (Lipinski definition) is 1. The molecule has 0 unspecified atom stereocenters. The summed E-state index contributed by atoms with van der Waals surface area (Å²) in [6.07, 6.45) is 3.70. The summed E-state index contributed by atoms with van der Waals surface area (Å²) in [5, 5.41) is 0.249. The molecule has 0 bridgehead atoms. The first-order valence-corrected chi connectivity index (χ1v) is 6.92. The summed E-state index contributed by atoms with van der Waals surface area (Å²) >= 11 is 5.88. The smallest absolute Gasteiger partial charge is 0.224 e. The molecule has 1 aromatic heterocycles. The van der Waals surface area contributed by atoms with Crippen molar-refractivity contribution in [1.29, 1.82) is 0 Å². The van der Waals surface area contributed by atoms with Crippen molar-refractivity contribution in [2.45, 2.75) is 46.6 Å². The second-order valence-electron chi connectivity index (χ2n) is 4.93. The predicted octanol–water partition coefficient (Wildman–Crippen LogP) is 3.36. The van der Waals surface area contributed by atoms with Crippen LogP contribution < -0.4 is 10.6 Å². The van der Waals surface area contributed by atoms with E-state index in [1.54, 1.807) is 6.20 Å². The first-order chi connectivity index (χ1) is 8.49. The molecule has 0 amide bonds. The number of hydrogen-bond acceptors (Lipinski definition) is 4. The molecule has 0 fully saturated rings. The fourth-order valence-corrected chi connectivity index (χ4v) is 2.25. The van der Waals surface area contributed by atoms with E-state index < -0.39 is 0 Å². The molecule has 5 heteroatoms. The first kappa shape index (κ1) is 15.0. The molecule has 0 atom stereocenters. The van der Waals surface area contributed by atoms with Crippen LogP contribution in [0.15, 0.2) is 6.20 Å². The third kappa shape index (κ3) is 3.73. The van der Waals surface area contributed by atoms with Gasteiger partial charge in [-0.2, -0.15) is 4.98 Å². The molecule has 0 radical (unpaired) electrons. The van der Waals surface area contributed by atoms with Crippen LogP contribution in [-0.4, -0.2) is 22.6 Å². The lowest BCUT2D eigenvalue weighted by molar-refractivity contribution is 0.503. The highest BCUT2D eigenvalue weighted by atomic mass is 35.5. The van der Waals surface area contributed by atoms with Gasteiger partial charge in [0.2, 0.25) is 5.28 Å². The molecule has 102 valence electrons. The Hall–Kier alpha value is -1.03. The molecule has 1 aromatic rings. The largest absolute Gasteiger partial charge is 0.394 e. The molecule has 0 aliphatic heterocycles. The third-order valence-electron chi connectivity index (χ3n) is 2.98. The van der Waals surface area contributed by atoms with E-state index >= 15 is 0 Å². The number of nitrogens with zero attached hydrogens (tertiary/aromatic N) is 3. The lowest BCUT2D eigenvalue weighted by Gasteiger charge is -2.33. The van der Waals surface area contributed by atoms with Crippen molar-refractivity contribution in [3.8, 4) is 0 Å². The maximum Gasteiger partial charge on any atom is 0.224 e. The van der Waals surface area contributed by atoms with Crippen LogP contribution in [0.3, 0.4) is 0 Å². The highest BCUT2D eigenvalue weighted by molar-refractivity contribution is 6.28. The predicted molar refractivity (Wildman–Crippen MR) is 78.0 cm³/mol. The Bertz CT molecular complexity index is 377. The number of nitrogens with two attached hydrogens (primary N) is 1. The summed E-state index contributed by atoms with van der Waals surface area (Å²) in [7, 11) is 0. The van der Waals surface area contributed by atoms with Crippen LogP contribution >= 0.6 is 11.6 Å². The van der Waals surface area contributed by atoms with Crippen LogP contribution in [0.4, 0.5) is 11.5 Å². The minimum Gasteiger partial charge on any atom is -0.394 e. The van der Waals surface area contributed by atoms with Gasteiger partial charge in [0.25, 0.3) is 0 Å². The van der Waals surface area contributed by atoms with Crippen molar-refractivity contribution >= 4 is 23.1 Å². The quantitative estimate of drug-likeness (QED) is 0.806. The van der Waals surface area contributed by atoms with Gasteiger partial charge in [-0.3, -0.25) is 0 Å². The molecular formula is C13H23ClN4. The molecule has 1 rings (SSSR count). The standard InChI is InChI=1S/C13H23ClN4/c1-5-10(6-2)18(8-9(3)4)12-11(15)7-16-13(14)17-12/h7,9-10H,5-6,8,15H2,1-4H3. The zero-order valence-electron chi connectivity index (χ0n) is 11.7. The van der Waals surface area contributed by atoms with Gasteiger partial charge >= 0.3 is 0 Å². The zero-order chi connectivity index (χ0) is 13.7. The maximum absolute atomic E-state index is 5.99. The Morgan fingerprint density at radius 1 is 1.33 bits per heavy atom. The normalized spacial score (nSPS) is 11.3. The number of halogens is 1. The molecule has 0 spiro atoms. The third-order valence-corrected chi connectivity index (χ3v) is 3.17. The summed E-state index contributed by atoms with van der Waals surface area (Å²) in [4.78, 5) is 10.5. The summed E-state index contributed by atoms with van der Waals surface area (Å²) in [5.41, 5.74) is 6.58. The Morgan fingerprint density at radius 2 is 1.94 bits per heavy atom.